The lowest BCUT2D eigenvalue weighted by Gasteiger charge is -2.23. The van der Waals surface area contributed by atoms with Crippen LogP contribution in [0, 0.1) is 5.92 Å². The molecule has 0 radical (unpaired) electrons. The Hall–Kier alpha value is -2.32. The maximum atomic E-state index is 12.1. The van der Waals surface area contributed by atoms with Crippen molar-refractivity contribution in [2.45, 2.75) is 79.1 Å². The van der Waals surface area contributed by atoms with E-state index in [2.05, 4.69) is 15.6 Å². The lowest BCUT2D eigenvalue weighted by atomic mass is 10.0. The minimum Gasteiger partial charge on any atom is -0.467 e. The fourth-order valence-electron chi connectivity index (χ4n) is 1.84. The second-order valence-electron chi connectivity index (χ2n) is 8.40. The van der Waals surface area contributed by atoms with E-state index in [1.807, 2.05) is 13.8 Å². The number of methoxy groups -OCH3 is 1. The number of ether oxygens (including phenoxy) is 3. The number of esters is 1. The van der Waals surface area contributed by atoms with Gasteiger partial charge in [-0.25, -0.2) is 19.4 Å². The van der Waals surface area contributed by atoms with Crippen molar-refractivity contribution in [1.29, 1.82) is 0 Å². The number of alkyl carbamates (subject to hydrolysis) is 2. The van der Waals surface area contributed by atoms with Crippen LogP contribution in [-0.4, -0.2) is 48.5 Å². The van der Waals surface area contributed by atoms with Gasteiger partial charge in [-0.05, 0) is 53.9 Å². The monoisotopic (exact) mass is 387 g/mol. The molecule has 0 aliphatic rings. The number of aliphatic imine (C=N–C) groups is 1. The predicted molar refractivity (Wildman–Crippen MR) is 101 cm³/mol. The summed E-state index contributed by atoms with van der Waals surface area (Å²) in [5.41, 5.74) is -1.50. The van der Waals surface area contributed by atoms with E-state index < -0.39 is 35.4 Å². The highest BCUT2D eigenvalue weighted by Gasteiger charge is 2.25. The largest absolute Gasteiger partial charge is 0.467 e. The van der Waals surface area contributed by atoms with E-state index >= 15 is 0 Å². The van der Waals surface area contributed by atoms with Gasteiger partial charge in [0.1, 0.15) is 11.2 Å². The van der Waals surface area contributed by atoms with Gasteiger partial charge in [0.25, 0.3) is 0 Å². The third-order valence-electron chi connectivity index (χ3n) is 2.69. The van der Waals surface area contributed by atoms with Gasteiger partial charge in [-0.15, -0.1) is 0 Å². The molecule has 9 heteroatoms. The minimum atomic E-state index is -0.908. The fourth-order valence-corrected chi connectivity index (χ4v) is 1.84. The fraction of sp³-hybridized carbons (Fsp3) is 0.778. The quantitative estimate of drug-likeness (QED) is 0.332. The molecule has 0 aromatic rings. The highest BCUT2D eigenvalue weighted by atomic mass is 16.6. The lowest BCUT2D eigenvalue weighted by Crippen LogP contribution is -2.48. The zero-order chi connectivity index (χ0) is 21.4. The summed E-state index contributed by atoms with van der Waals surface area (Å²) in [4.78, 5) is 40.3. The van der Waals surface area contributed by atoms with Crippen molar-refractivity contribution in [2.75, 3.05) is 7.11 Å². The molecule has 2 amide bonds. The SMILES string of the molecule is COC(=O)[C@H](CC(C)C)N=C(NC(=O)OC(C)(C)C)NC(=O)OC(C)(C)C. The van der Waals surface area contributed by atoms with E-state index in [1.165, 1.54) is 7.11 Å². The Bertz CT molecular complexity index is 526. The lowest BCUT2D eigenvalue weighted by molar-refractivity contribution is -0.142. The summed E-state index contributed by atoms with van der Waals surface area (Å²) >= 11 is 0. The number of nitrogens with one attached hydrogen (secondary N) is 2. The molecule has 0 rings (SSSR count). The minimum absolute atomic E-state index is 0.127. The zero-order valence-corrected chi connectivity index (χ0v) is 17.8. The molecule has 0 unspecified atom stereocenters. The van der Waals surface area contributed by atoms with E-state index in [9.17, 15) is 14.4 Å². The van der Waals surface area contributed by atoms with Crippen LogP contribution in [-0.2, 0) is 19.0 Å². The van der Waals surface area contributed by atoms with Crippen LogP contribution in [0.3, 0.4) is 0 Å². The van der Waals surface area contributed by atoms with Gasteiger partial charge in [0.2, 0.25) is 5.96 Å². The van der Waals surface area contributed by atoms with Crippen LogP contribution in [0.2, 0.25) is 0 Å². The Morgan fingerprint density at radius 1 is 0.889 bits per heavy atom. The Labute approximate surface area is 161 Å². The van der Waals surface area contributed by atoms with Crippen LogP contribution in [0.5, 0.6) is 0 Å². The normalized spacial score (nSPS) is 12.7. The Morgan fingerprint density at radius 3 is 1.59 bits per heavy atom. The molecule has 9 nitrogen and oxygen atoms in total. The standard InChI is InChI=1S/C18H33N3O6/c1-11(2)10-12(13(22)25-9)19-14(20-15(23)26-17(3,4)5)21-16(24)27-18(6,7)8/h11-12H,10H2,1-9H3,(H2,19,20,21,23,24)/t12-/m0/s1. The molecule has 0 aliphatic carbocycles. The van der Waals surface area contributed by atoms with Gasteiger partial charge < -0.3 is 14.2 Å². The second kappa shape index (κ2) is 10.1. The smallest absolute Gasteiger partial charge is 0.414 e. The zero-order valence-electron chi connectivity index (χ0n) is 17.8. The summed E-state index contributed by atoms with van der Waals surface area (Å²) in [6, 6.07) is -0.908. The number of carbonyl (C=O) groups is 3. The first kappa shape index (κ1) is 24.7. The van der Waals surface area contributed by atoms with E-state index in [0.717, 1.165) is 0 Å². The van der Waals surface area contributed by atoms with Crippen LogP contribution in [0.15, 0.2) is 4.99 Å². The molecular formula is C18H33N3O6. The number of hydrogen-bond donors (Lipinski definition) is 2. The van der Waals surface area contributed by atoms with E-state index in [4.69, 9.17) is 14.2 Å². The van der Waals surface area contributed by atoms with Gasteiger partial charge in [-0.2, -0.15) is 0 Å². The number of nitrogens with zero attached hydrogens (tertiary/aromatic N) is 1. The van der Waals surface area contributed by atoms with Gasteiger partial charge in [-0.1, -0.05) is 13.8 Å². The summed E-state index contributed by atoms with van der Waals surface area (Å²) in [7, 11) is 1.24. The molecule has 0 aromatic heterocycles. The summed E-state index contributed by atoms with van der Waals surface area (Å²) in [5.74, 6) is -0.713. The Morgan fingerprint density at radius 2 is 1.30 bits per heavy atom. The van der Waals surface area contributed by atoms with E-state index in [1.54, 1.807) is 41.5 Å². The molecule has 0 aromatic carbocycles. The van der Waals surface area contributed by atoms with Crippen molar-refractivity contribution in [1.82, 2.24) is 10.6 Å². The van der Waals surface area contributed by atoms with Crippen molar-refractivity contribution in [3.05, 3.63) is 0 Å². The molecule has 0 aliphatic heterocycles. The molecule has 2 N–H and O–H groups in total. The molecule has 0 spiro atoms. The van der Waals surface area contributed by atoms with Crippen molar-refractivity contribution < 1.29 is 28.6 Å². The van der Waals surface area contributed by atoms with E-state index in [-0.39, 0.29) is 11.9 Å². The Balaban J connectivity index is 5.54. The van der Waals surface area contributed by atoms with Crippen molar-refractivity contribution in [2.24, 2.45) is 10.9 Å². The average Bonchev–Trinajstić information content (AvgIpc) is 2.40. The van der Waals surface area contributed by atoms with E-state index in [0.29, 0.717) is 6.42 Å². The molecule has 0 heterocycles. The van der Waals surface area contributed by atoms with Crippen molar-refractivity contribution in [3.63, 3.8) is 0 Å². The van der Waals surface area contributed by atoms with Crippen LogP contribution in [0.1, 0.15) is 61.8 Å². The molecule has 0 bridgehead atoms. The maximum Gasteiger partial charge on any atom is 0.414 e. The molecule has 0 saturated heterocycles. The first-order chi connectivity index (χ1) is 12.1. The number of hydrogen-bond acceptors (Lipinski definition) is 7. The third kappa shape index (κ3) is 12.6. The van der Waals surface area contributed by atoms with Gasteiger partial charge in [0.15, 0.2) is 6.04 Å². The van der Waals surface area contributed by atoms with Crippen LogP contribution < -0.4 is 10.6 Å². The van der Waals surface area contributed by atoms with Gasteiger partial charge in [-0.3, -0.25) is 10.6 Å². The van der Waals surface area contributed by atoms with Crippen LogP contribution in [0.4, 0.5) is 9.59 Å². The molecule has 0 fully saturated rings. The number of rotatable bonds is 4. The first-order valence-corrected chi connectivity index (χ1v) is 8.78. The summed E-state index contributed by atoms with van der Waals surface area (Å²) in [6.45, 7) is 14.0. The van der Waals surface area contributed by atoms with Crippen LogP contribution >= 0.6 is 0 Å². The molecular weight excluding hydrogens is 354 g/mol. The van der Waals surface area contributed by atoms with Gasteiger partial charge in [0.05, 0.1) is 7.11 Å². The summed E-state index contributed by atoms with van der Waals surface area (Å²) in [5, 5.41) is 4.68. The number of guanidine groups is 1. The summed E-state index contributed by atoms with van der Waals surface area (Å²) in [6.07, 6.45) is -1.29. The van der Waals surface area contributed by atoms with Crippen molar-refractivity contribution in [3.8, 4) is 0 Å². The predicted octanol–water partition coefficient (Wildman–Crippen LogP) is 2.98. The Kier molecular flexibility index (Phi) is 9.26. The van der Waals surface area contributed by atoms with Crippen molar-refractivity contribution >= 4 is 24.1 Å². The highest BCUT2D eigenvalue weighted by molar-refractivity contribution is 6.02. The number of amides is 2. The highest BCUT2D eigenvalue weighted by Crippen LogP contribution is 2.11. The number of carbonyl (C=O) groups excluding carboxylic acids is 3. The maximum absolute atomic E-state index is 12.1. The first-order valence-electron chi connectivity index (χ1n) is 8.78. The summed E-state index contributed by atoms with van der Waals surface area (Å²) < 4.78 is 15.1. The third-order valence-corrected chi connectivity index (χ3v) is 2.69. The van der Waals surface area contributed by atoms with Gasteiger partial charge in [0, 0.05) is 0 Å². The second-order valence-corrected chi connectivity index (χ2v) is 8.40. The molecule has 1 atom stereocenters. The average molecular weight is 387 g/mol. The molecule has 156 valence electrons. The molecule has 0 saturated carbocycles. The van der Waals surface area contributed by atoms with Gasteiger partial charge >= 0.3 is 18.2 Å². The van der Waals surface area contributed by atoms with Crippen LogP contribution in [0.25, 0.3) is 0 Å². The molecule has 27 heavy (non-hydrogen) atoms. The topological polar surface area (TPSA) is 115 Å².